The van der Waals surface area contributed by atoms with Crippen molar-refractivity contribution < 1.29 is 13.2 Å². The molecule has 6 nitrogen and oxygen atoms in total. The van der Waals surface area contributed by atoms with Gasteiger partial charge in [-0.2, -0.15) is 0 Å². The van der Waals surface area contributed by atoms with Gasteiger partial charge in [-0.15, -0.1) is 0 Å². The summed E-state index contributed by atoms with van der Waals surface area (Å²) in [5.41, 5.74) is 0. The molecule has 0 saturated carbocycles. The van der Waals surface area contributed by atoms with E-state index in [0.717, 1.165) is 0 Å². The standard InChI is InChI=1S/C13H19N3O3S/c1-3-12(17)15-7-9-16(10-8-15)13-11(20(2,18)19)5-4-6-14-13/h4-6H,3,7-10H2,1-2H3. The molecule has 0 bridgehead atoms. The highest BCUT2D eigenvalue weighted by atomic mass is 32.2. The van der Waals surface area contributed by atoms with E-state index in [2.05, 4.69) is 4.98 Å². The molecule has 1 fully saturated rings. The fraction of sp³-hybridized carbons (Fsp3) is 0.538. The van der Waals surface area contributed by atoms with Gasteiger partial charge in [-0.05, 0) is 12.1 Å². The topological polar surface area (TPSA) is 70.6 Å². The first-order chi connectivity index (χ1) is 9.43. The maximum Gasteiger partial charge on any atom is 0.222 e. The number of carbonyl (C=O) groups is 1. The van der Waals surface area contributed by atoms with E-state index in [-0.39, 0.29) is 10.8 Å². The first-order valence-electron chi connectivity index (χ1n) is 6.61. The predicted octanol–water partition coefficient (Wildman–Crippen LogP) is 0.544. The SMILES string of the molecule is CCC(=O)N1CCN(c2ncccc2S(C)(=O)=O)CC1. The third-order valence-electron chi connectivity index (χ3n) is 3.38. The van der Waals surface area contributed by atoms with Gasteiger partial charge in [0.25, 0.3) is 0 Å². The minimum absolute atomic E-state index is 0.133. The van der Waals surface area contributed by atoms with E-state index in [1.165, 1.54) is 6.26 Å². The predicted molar refractivity (Wildman–Crippen MR) is 76.4 cm³/mol. The van der Waals surface area contributed by atoms with Gasteiger partial charge in [0.2, 0.25) is 5.91 Å². The van der Waals surface area contributed by atoms with Gasteiger partial charge in [-0.25, -0.2) is 13.4 Å². The zero-order valence-corrected chi connectivity index (χ0v) is 12.6. The summed E-state index contributed by atoms with van der Waals surface area (Å²) in [5, 5.41) is 0. The van der Waals surface area contributed by atoms with Crippen LogP contribution in [0.1, 0.15) is 13.3 Å². The Balaban J connectivity index is 2.18. The normalized spacial score (nSPS) is 16.3. The monoisotopic (exact) mass is 297 g/mol. The highest BCUT2D eigenvalue weighted by Gasteiger charge is 2.24. The van der Waals surface area contributed by atoms with Crippen molar-refractivity contribution in [1.29, 1.82) is 0 Å². The summed E-state index contributed by atoms with van der Waals surface area (Å²) in [4.78, 5) is 19.8. The van der Waals surface area contributed by atoms with Crippen LogP contribution in [0, 0.1) is 0 Å². The molecular formula is C13H19N3O3S. The van der Waals surface area contributed by atoms with E-state index in [9.17, 15) is 13.2 Å². The molecule has 110 valence electrons. The lowest BCUT2D eigenvalue weighted by Gasteiger charge is -2.35. The molecule has 1 amide bonds. The number of piperazine rings is 1. The molecule has 1 aromatic rings. The molecular weight excluding hydrogens is 278 g/mol. The number of rotatable bonds is 3. The number of carbonyl (C=O) groups excluding carboxylic acids is 1. The van der Waals surface area contributed by atoms with Crippen LogP contribution in [0.3, 0.4) is 0 Å². The third-order valence-corrected chi connectivity index (χ3v) is 4.50. The van der Waals surface area contributed by atoms with Crippen molar-refractivity contribution in [2.45, 2.75) is 18.2 Å². The third kappa shape index (κ3) is 3.09. The number of hydrogen-bond acceptors (Lipinski definition) is 5. The average molecular weight is 297 g/mol. The molecule has 2 rings (SSSR count). The Morgan fingerprint density at radius 3 is 2.50 bits per heavy atom. The smallest absolute Gasteiger partial charge is 0.222 e. The van der Waals surface area contributed by atoms with E-state index in [1.54, 1.807) is 23.2 Å². The molecule has 0 atom stereocenters. The Bertz CT molecular complexity index is 593. The van der Waals surface area contributed by atoms with E-state index in [0.29, 0.717) is 38.4 Å². The molecule has 20 heavy (non-hydrogen) atoms. The number of anilines is 1. The van der Waals surface area contributed by atoms with Crippen LogP contribution in [0.25, 0.3) is 0 Å². The molecule has 2 heterocycles. The molecule has 0 spiro atoms. The number of sulfone groups is 1. The van der Waals surface area contributed by atoms with Gasteiger partial charge >= 0.3 is 0 Å². The lowest BCUT2D eigenvalue weighted by Crippen LogP contribution is -2.49. The summed E-state index contributed by atoms with van der Waals surface area (Å²) in [6, 6.07) is 3.19. The quantitative estimate of drug-likeness (QED) is 0.814. The van der Waals surface area contributed by atoms with Crippen LogP contribution in [0.15, 0.2) is 23.2 Å². The first-order valence-corrected chi connectivity index (χ1v) is 8.50. The average Bonchev–Trinajstić information content (AvgIpc) is 2.46. The lowest BCUT2D eigenvalue weighted by atomic mass is 10.3. The highest BCUT2D eigenvalue weighted by Crippen LogP contribution is 2.23. The summed E-state index contributed by atoms with van der Waals surface area (Å²) in [5.74, 6) is 0.618. The maximum atomic E-state index is 11.8. The van der Waals surface area contributed by atoms with Gasteiger partial charge in [0.1, 0.15) is 10.7 Å². The molecule has 0 N–H and O–H groups in total. The Kier molecular flexibility index (Phi) is 4.27. The first kappa shape index (κ1) is 14.8. The van der Waals surface area contributed by atoms with Crippen molar-refractivity contribution in [2.24, 2.45) is 0 Å². The second kappa shape index (κ2) is 5.78. The minimum atomic E-state index is -3.30. The molecule has 1 aromatic heterocycles. The van der Waals surface area contributed by atoms with Crippen LogP contribution >= 0.6 is 0 Å². The van der Waals surface area contributed by atoms with Crippen LogP contribution in [-0.4, -0.2) is 56.6 Å². The molecule has 0 radical (unpaired) electrons. The van der Waals surface area contributed by atoms with Crippen LogP contribution in [0.4, 0.5) is 5.82 Å². The number of pyridine rings is 1. The van der Waals surface area contributed by atoms with Crippen molar-refractivity contribution in [3.05, 3.63) is 18.3 Å². The van der Waals surface area contributed by atoms with Crippen molar-refractivity contribution in [3.63, 3.8) is 0 Å². The van der Waals surface area contributed by atoms with Crippen LogP contribution in [0.2, 0.25) is 0 Å². The van der Waals surface area contributed by atoms with Crippen molar-refractivity contribution in [1.82, 2.24) is 9.88 Å². The van der Waals surface area contributed by atoms with Gasteiger partial charge in [-0.3, -0.25) is 4.79 Å². The molecule has 7 heteroatoms. The van der Waals surface area contributed by atoms with Crippen LogP contribution in [-0.2, 0) is 14.6 Å². The fourth-order valence-corrected chi connectivity index (χ4v) is 3.14. The number of aromatic nitrogens is 1. The molecule has 1 aliphatic heterocycles. The van der Waals surface area contributed by atoms with Crippen LogP contribution in [0.5, 0.6) is 0 Å². The van der Waals surface area contributed by atoms with Crippen molar-refractivity contribution in [3.8, 4) is 0 Å². The zero-order chi connectivity index (χ0) is 14.8. The fourth-order valence-electron chi connectivity index (χ4n) is 2.30. The van der Waals surface area contributed by atoms with Crippen molar-refractivity contribution in [2.75, 3.05) is 37.3 Å². The van der Waals surface area contributed by atoms with Crippen molar-refractivity contribution >= 4 is 21.6 Å². The second-order valence-electron chi connectivity index (χ2n) is 4.82. The lowest BCUT2D eigenvalue weighted by molar-refractivity contribution is -0.131. The van der Waals surface area contributed by atoms with E-state index in [4.69, 9.17) is 0 Å². The molecule has 0 aromatic carbocycles. The summed E-state index contributed by atoms with van der Waals surface area (Å²) < 4.78 is 23.6. The summed E-state index contributed by atoms with van der Waals surface area (Å²) in [6.45, 7) is 4.25. The van der Waals surface area contributed by atoms with Gasteiger partial charge in [-0.1, -0.05) is 6.92 Å². The number of amides is 1. The zero-order valence-electron chi connectivity index (χ0n) is 11.7. The summed E-state index contributed by atoms with van der Waals surface area (Å²) in [7, 11) is -3.30. The molecule has 1 aliphatic rings. The van der Waals surface area contributed by atoms with E-state index in [1.807, 2.05) is 11.8 Å². The van der Waals surface area contributed by atoms with E-state index < -0.39 is 9.84 Å². The second-order valence-corrected chi connectivity index (χ2v) is 6.80. The molecule has 0 aliphatic carbocycles. The van der Waals surface area contributed by atoms with E-state index >= 15 is 0 Å². The van der Waals surface area contributed by atoms with Gasteiger partial charge in [0, 0.05) is 45.1 Å². The van der Waals surface area contributed by atoms with Gasteiger partial charge in [0.05, 0.1) is 0 Å². The Morgan fingerprint density at radius 2 is 1.95 bits per heavy atom. The minimum Gasteiger partial charge on any atom is -0.352 e. The Morgan fingerprint density at radius 1 is 1.30 bits per heavy atom. The van der Waals surface area contributed by atoms with Crippen LogP contribution < -0.4 is 4.90 Å². The van der Waals surface area contributed by atoms with Gasteiger partial charge in [0.15, 0.2) is 9.84 Å². The number of hydrogen-bond donors (Lipinski definition) is 0. The maximum absolute atomic E-state index is 11.8. The highest BCUT2D eigenvalue weighted by molar-refractivity contribution is 7.90. The molecule has 0 unspecified atom stereocenters. The summed E-state index contributed by atoms with van der Waals surface area (Å²) in [6.07, 6.45) is 3.27. The summed E-state index contributed by atoms with van der Waals surface area (Å²) >= 11 is 0. The molecule has 1 saturated heterocycles. The number of nitrogens with zero attached hydrogens (tertiary/aromatic N) is 3. The van der Waals surface area contributed by atoms with Gasteiger partial charge < -0.3 is 9.80 Å². The Labute approximate surface area is 119 Å². The largest absolute Gasteiger partial charge is 0.352 e. The Hall–Kier alpha value is -1.63.